The second-order valence-electron chi connectivity index (χ2n) is 7.75. The van der Waals surface area contributed by atoms with Gasteiger partial charge in [0.2, 0.25) is 12.7 Å². The lowest BCUT2D eigenvalue weighted by Crippen LogP contribution is -2.33. The molecule has 2 N–H and O–H groups in total. The Balaban J connectivity index is 1.46. The molecule has 0 radical (unpaired) electrons. The van der Waals surface area contributed by atoms with E-state index in [9.17, 15) is 9.59 Å². The molecule has 3 heterocycles. The smallest absolute Gasteiger partial charge is 0.252 e. The molecular formula is C21H24N6O4S2. The van der Waals surface area contributed by atoms with Gasteiger partial charge in [0.15, 0.2) is 27.6 Å². The lowest BCUT2D eigenvalue weighted by molar-refractivity contribution is -0.115. The van der Waals surface area contributed by atoms with Crippen molar-refractivity contribution in [2.75, 3.05) is 12.1 Å². The number of nitrogens with one attached hydrogen (secondary N) is 2. The van der Waals surface area contributed by atoms with Crippen LogP contribution in [0.2, 0.25) is 0 Å². The van der Waals surface area contributed by atoms with E-state index in [0.717, 1.165) is 0 Å². The van der Waals surface area contributed by atoms with Crippen LogP contribution in [0.4, 0.5) is 5.13 Å². The van der Waals surface area contributed by atoms with Crippen molar-refractivity contribution in [1.29, 1.82) is 0 Å². The Morgan fingerprint density at radius 1 is 1.18 bits per heavy atom. The van der Waals surface area contributed by atoms with Crippen molar-refractivity contribution >= 4 is 40.0 Å². The summed E-state index contributed by atoms with van der Waals surface area (Å²) >= 11 is 2.65. The van der Waals surface area contributed by atoms with E-state index >= 15 is 0 Å². The molecule has 0 unspecified atom stereocenters. The molecule has 12 heteroatoms. The standard InChI is InChI=1S/C21H24N6O4S2/c1-11(2)16(23-19(29)13-5-6-14-15(9-13)31-10-30-14)17-25-26-21(27(17)4)33-12(3)18(28)24-20-22-7-8-32-20/h5-9,11-12,16H,10H2,1-4H3,(H,23,29)(H,22,24,28)/t12-,16-/m0/s1. The number of anilines is 1. The number of ether oxygens (including phenoxy) is 2. The Kier molecular flexibility index (Phi) is 6.84. The number of hydrogen-bond donors (Lipinski definition) is 2. The lowest BCUT2D eigenvalue weighted by Gasteiger charge is -2.22. The quantitative estimate of drug-likeness (QED) is 0.464. The van der Waals surface area contributed by atoms with Gasteiger partial charge in [0, 0.05) is 24.2 Å². The first-order valence-electron chi connectivity index (χ1n) is 10.3. The van der Waals surface area contributed by atoms with Gasteiger partial charge >= 0.3 is 0 Å². The number of carbonyl (C=O) groups is 2. The van der Waals surface area contributed by atoms with E-state index in [2.05, 4.69) is 25.8 Å². The molecule has 0 saturated carbocycles. The summed E-state index contributed by atoms with van der Waals surface area (Å²) in [5.41, 5.74) is 0.467. The van der Waals surface area contributed by atoms with Gasteiger partial charge in [-0.2, -0.15) is 0 Å². The molecule has 10 nitrogen and oxygen atoms in total. The van der Waals surface area contributed by atoms with Crippen molar-refractivity contribution in [3.05, 3.63) is 41.2 Å². The number of hydrogen-bond acceptors (Lipinski definition) is 9. The monoisotopic (exact) mass is 488 g/mol. The van der Waals surface area contributed by atoms with Gasteiger partial charge < -0.3 is 24.7 Å². The van der Waals surface area contributed by atoms with Crippen LogP contribution in [0.15, 0.2) is 34.9 Å². The highest BCUT2D eigenvalue weighted by Crippen LogP contribution is 2.33. The van der Waals surface area contributed by atoms with Crippen LogP contribution in [0.25, 0.3) is 0 Å². The minimum absolute atomic E-state index is 0.0503. The van der Waals surface area contributed by atoms with Gasteiger partial charge in [0.25, 0.3) is 5.91 Å². The molecule has 2 atom stereocenters. The Hall–Kier alpha value is -3.12. The molecule has 1 aromatic carbocycles. The number of amides is 2. The maximum atomic E-state index is 12.9. The molecule has 0 bridgehead atoms. The molecule has 33 heavy (non-hydrogen) atoms. The second-order valence-corrected chi connectivity index (χ2v) is 9.95. The SMILES string of the molecule is CC(C)[C@H](NC(=O)c1ccc2c(c1)OCO2)c1nnc(S[C@@H](C)C(=O)Nc2nccs2)n1C. The van der Waals surface area contributed by atoms with Crippen molar-refractivity contribution in [2.24, 2.45) is 13.0 Å². The van der Waals surface area contributed by atoms with Crippen LogP contribution in [-0.4, -0.2) is 43.6 Å². The molecule has 0 aliphatic carbocycles. The van der Waals surface area contributed by atoms with Gasteiger partial charge in [0.05, 0.1) is 11.3 Å². The van der Waals surface area contributed by atoms with Gasteiger partial charge in [-0.05, 0) is 31.0 Å². The zero-order valence-corrected chi connectivity index (χ0v) is 20.2. The molecule has 0 saturated heterocycles. The van der Waals surface area contributed by atoms with Gasteiger partial charge in [-0.15, -0.1) is 21.5 Å². The highest BCUT2D eigenvalue weighted by atomic mass is 32.2. The second kappa shape index (κ2) is 9.79. The molecule has 2 aromatic heterocycles. The first kappa shape index (κ1) is 23.1. The zero-order chi connectivity index (χ0) is 23.5. The maximum absolute atomic E-state index is 12.9. The van der Waals surface area contributed by atoms with Crippen LogP contribution in [0.5, 0.6) is 11.5 Å². The predicted octanol–water partition coefficient (Wildman–Crippen LogP) is 3.25. The number of fused-ring (bicyclic) bond motifs is 1. The topological polar surface area (TPSA) is 120 Å². The maximum Gasteiger partial charge on any atom is 0.252 e. The van der Waals surface area contributed by atoms with Gasteiger partial charge in [-0.1, -0.05) is 25.6 Å². The summed E-state index contributed by atoms with van der Waals surface area (Å²) in [5, 5.41) is 16.9. The number of benzene rings is 1. The summed E-state index contributed by atoms with van der Waals surface area (Å²) in [6.07, 6.45) is 1.64. The first-order chi connectivity index (χ1) is 15.8. The van der Waals surface area contributed by atoms with Gasteiger partial charge in [0.1, 0.15) is 0 Å². The van der Waals surface area contributed by atoms with Crippen LogP contribution >= 0.6 is 23.1 Å². The largest absolute Gasteiger partial charge is 0.454 e. The Morgan fingerprint density at radius 3 is 2.70 bits per heavy atom. The van der Waals surface area contributed by atoms with Gasteiger partial charge in [-0.25, -0.2) is 4.98 Å². The average molecular weight is 489 g/mol. The van der Waals surface area contributed by atoms with Crippen molar-refractivity contribution in [1.82, 2.24) is 25.1 Å². The highest BCUT2D eigenvalue weighted by Gasteiger charge is 2.27. The first-order valence-corrected chi connectivity index (χ1v) is 12.1. The van der Waals surface area contributed by atoms with Crippen LogP contribution < -0.4 is 20.1 Å². The number of thiazole rings is 1. The number of aromatic nitrogens is 4. The normalized spacial score (nSPS) is 14.2. The average Bonchev–Trinajstić information content (AvgIpc) is 3.54. The fourth-order valence-electron chi connectivity index (χ4n) is 3.20. The molecule has 2 amide bonds. The summed E-state index contributed by atoms with van der Waals surface area (Å²) in [6, 6.07) is 4.70. The third-order valence-electron chi connectivity index (χ3n) is 5.05. The fraction of sp³-hybridized carbons (Fsp3) is 0.381. The molecule has 174 valence electrons. The van der Waals surface area contributed by atoms with Crippen LogP contribution in [0, 0.1) is 5.92 Å². The number of nitrogens with zero attached hydrogens (tertiary/aromatic N) is 4. The van der Waals surface area contributed by atoms with E-state index in [4.69, 9.17) is 9.47 Å². The molecule has 1 aliphatic rings. The van der Waals surface area contributed by atoms with E-state index in [1.165, 1.54) is 23.1 Å². The molecule has 0 spiro atoms. The third-order valence-corrected chi connectivity index (χ3v) is 6.87. The molecule has 1 aliphatic heterocycles. The van der Waals surface area contributed by atoms with Crippen LogP contribution in [0.1, 0.15) is 43.0 Å². The Morgan fingerprint density at radius 2 is 1.97 bits per heavy atom. The van der Waals surface area contributed by atoms with E-state index in [0.29, 0.717) is 33.2 Å². The Bertz CT molecular complexity index is 1150. The minimum Gasteiger partial charge on any atom is -0.454 e. The predicted molar refractivity (Wildman–Crippen MR) is 125 cm³/mol. The summed E-state index contributed by atoms with van der Waals surface area (Å²) in [4.78, 5) is 29.5. The van der Waals surface area contributed by atoms with Crippen molar-refractivity contribution in [2.45, 2.75) is 37.2 Å². The molecule has 4 rings (SSSR count). The van der Waals surface area contributed by atoms with E-state index in [1.54, 1.807) is 36.7 Å². The fourth-order valence-corrected chi connectivity index (χ4v) is 4.55. The number of rotatable bonds is 8. The number of thioether (sulfide) groups is 1. The Labute approximate surface area is 199 Å². The summed E-state index contributed by atoms with van der Waals surface area (Å²) in [5.74, 6) is 1.40. The summed E-state index contributed by atoms with van der Waals surface area (Å²) in [6.45, 7) is 5.93. The van der Waals surface area contributed by atoms with Crippen molar-refractivity contribution in [3.8, 4) is 11.5 Å². The lowest BCUT2D eigenvalue weighted by atomic mass is 10.0. The third kappa shape index (κ3) is 5.11. The molecular weight excluding hydrogens is 464 g/mol. The van der Waals surface area contributed by atoms with Crippen molar-refractivity contribution in [3.63, 3.8) is 0 Å². The number of carbonyl (C=O) groups excluding carboxylic acids is 2. The van der Waals surface area contributed by atoms with E-state index < -0.39 is 5.25 Å². The minimum atomic E-state index is -0.412. The summed E-state index contributed by atoms with van der Waals surface area (Å²) < 4.78 is 12.5. The highest BCUT2D eigenvalue weighted by molar-refractivity contribution is 8.00. The van der Waals surface area contributed by atoms with Crippen molar-refractivity contribution < 1.29 is 19.1 Å². The van der Waals surface area contributed by atoms with Crippen LogP contribution in [0.3, 0.4) is 0 Å². The van der Waals surface area contributed by atoms with E-state index in [-0.39, 0.29) is 30.6 Å². The van der Waals surface area contributed by atoms with Gasteiger partial charge in [-0.3, -0.25) is 9.59 Å². The van der Waals surface area contributed by atoms with E-state index in [1.807, 2.05) is 25.5 Å². The molecule has 0 fully saturated rings. The summed E-state index contributed by atoms with van der Waals surface area (Å²) in [7, 11) is 1.82. The zero-order valence-electron chi connectivity index (χ0n) is 18.6. The van der Waals surface area contributed by atoms with Crippen LogP contribution in [-0.2, 0) is 11.8 Å². The molecule has 3 aromatic rings.